The Hall–Kier alpha value is -4.02. The molecule has 3 atom stereocenters. The summed E-state index contributed by atoms with van der Waals surface area (Å²) in [5.74, 6) is -0.696. The van der Waals surface area contributed by atoms with Crippen LogP contribution in [0.3, 0.4) is 0 Å². The first-order chi connectivity index (χ1) is 16.8. The second kappa shape index (κ2) is 10.1. The quantitative estimate of drug-likeness (QED) is 0.562. The van der Waals surface area contributed by atoms with Crippen LogP contribution in [0.1, 0.15) is 29.8 Å². The highest BCUT2D eigenvalue weighted by Crippen LogP contribution is 2.27. The summed E-state index contributed by atoms with van der Waals surface area (Å²) in [6, 6.07) is 7.48. The molecule has 0 saturated carbocycles. The molecule has 0 spiro atoms. The van der Waals surface area contributed by atoms with Crippen LogP contribution in [-0.2, 0) is 16.6 Å². The zero-order chi connectivity index (χ0) is 25.1. The summed E-state index contributed by atoms with van der Waals surface area (Å²) >= 11 is 0. The highest BCUT2D eigenvalue weighted by Gasteiger charge is 2.47. The number of anilines is 1. The van der Waals surface area contributed by atoms with Crippen molar-refractivity contribution >= 4 is 29.4 Å². The SMILES string of the molecule is COc1cccc(NC(=O)NC2CCN(C(=O)c3cccn3C)C2C(=O)N2CCCC2C(N)=O)c1. The van der Waals surface area contributed by atoms with Crippen LogP contribution in [0.15, 0.2) is 42.6 Å². The van der Waals surface area contributed by atoms with E-state index < -0.39 is 36.0 Å². The first kappa shape index (κ1) is 24.1. The molecule has 2 aliphatic rings. The number of nitrogens with zero attached hydrogens (tertiary/aromatic N) is 3. The van der Waals surface area contributed by atoms with Gasteiger partial charge in [-0.2, -0.15) is 0 Å². The fraction of sp³-hybridized carbons (Fsp3) is 0.417. The molecule has 186 valence electrons. The van der Waals surface area contributed by atoms with E-state index in [4.69, 9.17) is 10.5 Å². The Kier molecular flexibility index (Phi) is 6.94. The van der Waals surface area contributed by atoms with Gasteiger partial charge in [-0.05, 0) is 43.5 Å². The van der Waals surface area contributed by atoms with E-state index in [-0.39, 0.29) is 12.5 Å². The van der Waals surface area contributed by atoms with Gasteiger partial charge >= 0.3 is 6.03 Å². The van der Waals surface area contributed by atoms with Crippen molar-refractivity contribution < 1.29 is 23.9 Å². The van der Waals surface area contributed by atoms with Crippen LogP contribution < -0.4 is 21.1 Å². The third-order valence-corrected chi connectivity index (χ3v) is 6.58. The average Bonchev–Trinajstić information content (AvgIpc) is 3.58. The van der Waals surface area contributed by atoms with Gasteiger partial charge in [-0.15, -0.1) is 0 Å². The predicted molar refractivity (Wildman–Crippen MR) is 128 cm³/mol. The number of amides is 5. The number of hydrogen-bond acceptors (Lipinski definition) is 5. The maximum atomic E-state index is 13.7. The smallest absolute Gasteiger partial charge is 0.319 e. The van der Waals surface area contributed by atoms with Crippen molar-refractivity contribution in [3.63, 3.8) is 0 Å². The first-order valence-electron chi connectivity index (χ1n) is 11.5. The van der Waals surface area contributed by atoms with Crippen LogP contribution in [0.4, 0.5) is 10.5 Å². The van der Waals surface area contributed by atoms with E-state index in [1.807, 2.05) is 0 Å². The number of benzene rings is 1. The van der Waals surface area contributed by atoms with E-state index >= 15 is 0 Å². The van der Waals surface area contributed by atoms with E-state index in [0.29, 0.717) is 42.9 Å². The number of ether oxygens (including phenoxy) is 1. The molecule has 5 amide bonds. The second-order valence-corrected chi connectivity index (χ2v) is 8.77. The summed E-state index contributed by atoms with van der Waals surface area (Å²) in [6.07, 6.45) is 3.26. The first-order valence-corrected chi connectivity index (χ1v) is 11.5. The van der Waals surface area contributed by atoms with Crippen molar-refractivity contribution in [3.05, 3.63) is 48.3 Å². The lowest BCUT2D eigenvalue weighted by Gasteiger charge is -2.33. The highest BCUT2D eigenvalue weighted by molar-refractivity contribution is 5.99. The topological polar surface area (TPSA) is 139 Å². The van der Waals surface area contributed by atoms with E-state index in [0.717, 1.165) is 0 Å². The van der Waals surface area contributed by atoms with Crippen molar-refractivity contribution in [2.45, 2.75) is 37.4 Å². The molecule has 35 heavy (non-hydrogen) atoms. The van der Waals surface area contributed by atoms with Gasteiger partial charge in [0.05, 0.1) is 13.2 Å². The molecule has 4 N–H and O–H groups in total. The molecular formula is C24H30N6O5. The number of carbonyl (C=O) groups excluding carboxylic acids is 4. The molecule has 0 bridgehead atoms. The Balaban J connectivity index is 1.57. The van der Waals surface area contributed by atoms with Gasteiger partial charge in [0.1, 0.15) is 23.5 Å². The Morgan fingerprint density at radius 3 is 2.54 bits per heavy atom. The molecule has 2 saturated heterocycles. The normalized spacial score (nSPS) is 21.6. The van der Waals surface area contributed by atoms with Gasteiger partial charge in [0.15, 0.2) is 0 Å². The number of urea groups is 1. The number of carbonyl (C=O) groups is 4. The minimum Gasteiger partial charge on any atom is -0.497 e. The third-order valence-electron chi connectivity index (χ3n) is 6.58. The molecule has 11 nitrogen and oxygen atoms in total. The zero-order valence-corrected chi connectivity index (χ0v) is 19.8. The van der Waals surface area contributed by atoms with E-state index in [1.54, 1.807) is 54.2 Å². The van der Waals surface area contributed by atoms with Gasteiger partial charge in [0.2, 0.25) is 11.8 Å². The van der Waals surface area contributed by atoms with Crippen molar-refractivity contribution in [2.24, 2.45) is 12.8 Å². The highest BCUT2D eigenvalue weighted by atomic mass is 16.5. The summed E-state index contributed by atoms with van der Waals surface area (Å²) in [5.41, 5.74) is 6.48. The number of hydrogen-bond donors (Lipinski definition) is 3. The largest absolute Gasteiger partial charge is 0.497 e. The second-order valence-electron chi connectivity index (χ2n) is 8.77. The standard InChI is InChI=1S/C24H30N6O5/c1-28-11-4-9-19(28)22(32)30-13-10-17(20(30)23(33)29-12-5-8-18(29)21(25)31)27-24(34)26-15-6-3-7-16(14-15)35-2/h3-4,6-7,9,11,14,17-18,20H,5,8,10,12-13H2,1-2H3,(H2,25,31)(H2,26,27,34). The average molecular weight is 483 g/mol. The molecule has 2 aromatic rings. The number of rotatable bonds is 6. The van der Waals surface area contributed by atoms with Crippen LogP contribution in [-0.4, -0.2) is 76.4 Å². The van der Waals surface area contributed by atoms with Crippen molar-refractivity contribution in [1.29, 1.82) is 0 Å². The van der Waals surface area contributed by atoms with E-state index in [1.165, 1.54) is 16.9 Å². The third kappa shape index (κ3) is 4.93. The summed E-state index contributed by atoms with van der Waals surface area (Å²) in [7, 11) is 3.28. The Bertz CT molecular complexity index is 1130. The van der Waals surface area contributed by atoms with Gasteiger partial charge in [-0.3, -0.25) is 14.4 Å². The lowest BCUT2D eigenvalue weighted by atomic mass is 10.1. The molecule has 2 fully saturated rings. The molecule has 1 aromatic heterocycles. The summed E-state index contributed by atoms with van der Waals surface area (Å²) in [4.78, 5) is 54.7. The maximum absolute atomic E-state index is 13.7. The van der Waals surface area contributed by atoms with Crippen molar-refractivity contribution in [2.75, 3.05) is 25.5 Å². The maximum Gasteiger partial charge on any atom is 0.319 e. The minimum absolute atomic E-state index is 0.277. The predicted octanol–water partition coefficient (Wildman–Crippen LogP) is 0.915. The Labute approximate surface area is 203 Å². The Morgan fingerprint density at radius 1 is 1.06 bits per heavy atom. The molecule has 3 heterocycles. The minimum atomic E-state index is -0.964. The molecule has 3 unspecified atom stereocenters. The molecule has 1 aromatic carbocycles. The number of likely N-dealkylation sites (tertiary alicyclic amines) is 2. The van der Waals surface area contributed by atoms with Crippen molar-refractivity contribution in [3.8, 4) is 5.75 Å². The van der Waals surface area contributed by atoms with Gasteiger partial charge < -0.3 is 35.5 Å². The lowest BCUT2D eigenvalue weighted by molar-refractivity contribution is -0.140. The van der Waals surface area contributed by atoms with Gasteiger partial charge in [-0.1, -0.05) is 6.07 Å². The molecular weight excluding hydrogens is 452 g/mol. The number of nitrogens with one attached hydrogen (secondary N) is 2. The number of aryl methyl sites for hydroxylation is 1. The van der Waals surface area contributed by atoms with Gasteiger partial charge in [0.25, 0.3) is 5.91 Å². The summed E-state index contributed by atoms with van der Waals surface area (Å²) in [5, 5.41) is 5.60. The van der Waals surface area contributed by atoms with E-state index in [2.05, 4.69) is 10.6 Å². The summed E-state index contributed by atoms with van der Waals surface area (Å²) in [6.45, 7) is 0.650. The number of aromatic nitrogens is 1. The fourth-order valence-electron chi connectivity index (χ4n) is 4.84. The summed E-state index contributed by atoms with van der Waals surface area (Å²) < 4.78 is 6.87. The zero-order valence-electron chi connectivity index (χ0n) is 19.8. The van der Waals surface area contributed by atoms with Crippen LogP contribution in [0.5, 0.6) is 5.75 Å². The van der Waals surface area contributed by atoms with Crippen LogP contribution in [0.25, 0.3) is 0 Å². The van der Waals surface area contributed by atoms with Gasteiger partial charge in [-0.25, -0.2) is 4.79 Å². The van der Waals surface area contributed by atoms with Crippen LogP contribution in [0, 0.1) is 0 Å². The number of primary amides is 1. The molecule has 11 heteroatoms. The number of methoxy groups -OCH3 is 1. The number of nitrogens with two attached hydrogens (primary N) is 1. The fourth-order valence-corrected chi connectivity index (χ4v) is 4.84. The molecule has 0 aliphatic carbocycles. The molecule has 2 aliphatic heterocycles. The van der Waals surface area contributed by atoms with Crippen molar-refractivity contribution in [1.82, 2.24) is 19.7 Å². The molecule has 4 rings (SSSR count). The monoisotopic (exact) mass is 482 g/mol. The molecule has 0 radical (unpaired) electrons. The Morgan fingerprint density at radius 2 is 1.86 bits per heavy atom. The lowest BCUT2D eigenvalue weighted by Crippen LogP contribution is -2.58. The van der Waals surface area contributed by atoms with Gasteiger partial charge in [0, 0.05) is 38.1 Å². The van der Waals surface area contributed by atoms with Crippen LogP contribution >= 0.6 is 0 Å². The van der Waals surface area contributed by atoms with Crippen LogP contribution in [0.2, 0.25) is 0 Å². The van der Waals surface area contributed by atoms with E-state index in [9.17, 15) is 19.2 Å².